The first kappa shape index (κ1) is 13.9. The van der Waals surface area contributed by atoms with Crippen LogP contribution >= 0.6 is 0 Å². The van der Waals surface area contributed by atoms with Crippen LogP contribution in [0.15, 0.2) is 18.3 Å². The SMILES string of the molecule is O=C1NCC2(CCCN(C(=O)c3ccn4nnnc4c3)CC2)O1. The number of likely N-dealkylation sites (tertiary alicyclic amines) is 1. The van der Waals surface area contributed by atoms with Gasteiger partial charge < -0.3 is 15.0 Å². The molecule has 2 saturated heterocycles. The van der Waals surface area contributed by atoms with Crippen molar-refractivity contribution in [3.05, 3.63) is 23.9 Å². The van der Waals surface area contributed by atoms with E-state index in [9.17, 15) is 9.59 Å². The maximum atomic E-state index is 12.7. The smallest absolute Gasteiger partial charge is 0.407 e. The van der Waals surface area contributed by atoms with Crippen molar-refractivity contribution in [1.29, 1.82) is 0 Å². The molecular formula is C14H16N6O3. The van der Waals surface area contributed by atoms with Crippen molar-refractivity contribution in [2.24, 2.45) is 0 Å². The molecule has 1 spiro atoms. The number of hydrogen-bond donors (Lipinski definition) is 1. The van der Waals surface area contributed by atoms with E-state index in [0.29, 0.717) is 37.3 Å². The largest absolute Gasteiger partial charge is 0.441 e. The molecule has 0 bridgehead atoms. The van der Waals surface area contributed by atoms with Gasteiger partial charge >= 0.3 is 6.09 Å². The number of amides is 2. The number of carbonyl (C=O) groups excluding carboxylic acids is 2. The Hall–Kier alpha value is -2.71. The van der Waals surface area contributed by atoms with Crippen LogP contribution in [0.25, 0.3) is 5.65 Å². The molecule has 1 N–H and O–H groups in total. The molecular weight excluding hydrogens is 300 g/mol. The maximum Gasteiger partial charge on any atom is 0.407 e. The molecule has 2 aliphatic rings. The van der Waals surface area contributed by atoms with Crippen LogP contribution in [0, 0.1) is 0 Å². The van der Waals surface area contributed by atoms with Crippen molar-refractivity contribution in [2.75, 3.05) is 19.6 Å². The number of carbonyl (C=O) groups is 2. The number of nitrogens with zero attached hydrogens (tertiary/aromatic N) is 5. The van der Waals surface area contributed by atoms with Crippen LogP contribution in [0.1, 0.15) is 29.6 Å². The van der Waals surface area contributed by atoms with Crippen LogP contribution in [0.4, 0.5) is 4.79 Å². The number of alkyl carbamates (subject to hydrolysis) is 1. The molecule has 0 aliphatic carbocycles. The van der Waals surface area contributed by atoms with Crippen LogP contribution < -0.4 is 5.32 Å². The summed E-state index contributed by atoms with van der Waals surface area (Å²) in [6, 6.07) is 3.39. The van der Waals surface area contributed by atoms with Gasteiger partial charge in [0.25, 0.3) is 5.91 Å². The van der Waals surface area contributed by atoms with Crippen molar-refractivity contribution < 1.29 is 14.3 Å². The third kappa shape index (κ3) is 2.47. The quantitative estimate of drug-likeness (QED) is 0.808. The third-order valence-electron chi connectivity index (χ3n) is 4.49. The minimum atomic E-state index is -0.465. The lowest BCUT2D eigenvalue weighted by Gasteiger charge is -2.25. The van der Waals surface area contributed by atoms with Gasteiger partial charge in [-0.2, -0.15) is 0 Å². The number of nitrogens with one attached hydrogen (secondary N) is 1. The van der Waals surface area contributed by atoms with E-state index < -0.39 is 5.60 Å². The normalized spacial score (nSPS) is 24.5. The zero-order valence-corrected chi connectivity index (χ0v) is 12.4. The van der Waals surface area contributed by atoms with E-state index in [4.69, 9.17) is 4.74 Å². The number of hydrogen-bond acceptors (Lipinski definition) is 6. The fraction of sp³-hybridized carbons (Fsp3) is 0.500. The number of fused-ring (bicyclic) bond motifs is 1. The summed E-state index contributed by atoms with van der Waals surface area (Å²) >= 11 is 0. The van der Waals surface area contributed by atoms with Crippen LogP contribution in [0.5, 0.6) is 0 Å². The zero-order valence-electron chi connectivity index (χ0n) is 12.4. The Labute approximate surface area is 131 Å². The lowest BCUT2D eigenvalue weighted by molar-refractivity contribution is 0.0438. The molecule has 4 rings (SSSR count). The van der Waals surface area contributed by atoms with Crippen LogP contribution in [0.3, 0.4) is 0 Å². The minimum Gasteiger partial charge on any atom is -0.441 e. The predicted molar refractivity (Wildman–Crippen MR) is 77.8 cm³/mol. The van der Waals surface area contributed by atoms with Gasteiger partial charge in [-0.25, -0.2) is 9.31 Å². The van der Waals surface area contributed by atoms with E-state index in [-0.39, 0.29) is 12.0 Å². The van der Waals surface area contributed by atoms with Gasteiger partial charge in [-0.1, -0.05) is 0 Å². The lowest BCUT2D eigenvalue weighted by Crippen LogP contribution is -2.36. The molecule has 0 aromatic carbocycles. The summed E-state index contributed by atoms with van der Waals surface area (Å²) in [5, 5.41) is 13.9. The Morgan fingerprint density at radius 1 is 1.35 bits per heavy atom. The van der Waals surface area contributed by atoms with E-state index in [1.807, 2.05) is 0 Å². The number of tetrazole rings is 1. The topological polar surface area (TPSA) is 102 Å². The van der Waals surface area contributed by atoms with Gasteiger partial charge in [0.2, 0.25) is 0 Å². The molecule has 2 aromatic rings. The van der Waals surface area contributed by atoms with Gasteiger partial charge in [0.15, 0.2) is 5.65 Å². The Morgan fingerprint density at radius 2 is 2.26 bits per heavy atom. The van der Waals surface area contributed by atoms with Crippen molar-refractivity contribution in [2.45, 2.75) is 24.9 Å². The summed E-state index contributed by atoms with van der Waals surface area (Å²) < 4.78 is 6.94. The Balaban J connectivity index is 1.51. The third-order valence-corrected chi connectivity index (χ3v) is 4.49. The van der Waals surface area contributed by atoms with Crippen molar-refractivity contribution in [3.63, 3.8) is 0 Å². The summed E-state index contributed by atoms with van der Waals surface area (Å²) in [6.45, 7) is 1.73. The molecule has 23 heavy (non-hydrogen) atoms. The highest BCUT2D eigenvalue weighted by Crippen LogP contribution is 2.29. The molecule has 2 amide bonds. The molecule has 1 atom stereocenters. The monoisotopic (exact) mass is 316 g/mol. The fourth-order valence-electron chi connectivity index (χ4n) is 3.21. The maximum absolute atomic E-state index is 12.7. The van der Waals surface area contributed by atoms with Crippen LogP contribution in [-0.4, -0.2) is 62.2 Å². The average Bonchev–Trinajstić information content (AvgIpc) is 3.10. The van der Waals surface area contributed by atoms with Gasteiger partial charge in [-0.3, -0.25) is 4.79 Å². The van der Waals surface area contributed by atoms with E-state index in [1.165, 1.54) is 4.52 Å². The summed E-state index contributed by atoms with van der Waals surface area (Å²) in [5.74, 6) is -0.0511. The first-order valence-electron chi connectivity index (χ1n) is 7.59. The molecule has 2 aromatic heterocycles. The molecule has 2 fully saturated rings. The molecule has 0 saturated carbocycles. The second-order valence-electron chi connectivity index (χ2n) is 5.97. The average molecular weight is 316 g/mol. The van der Waals surface area contributed by atoms with Gasteiger partial charge in [0.1, 0.15) is 5.60 Å². The summed E-state index contributed by atoms with van der Waals surface area (Å²) in [4.78, 5) is 25.8. The molecule has 4 heterocycles. The highest BCUT2D eigenvalue weighted by molar-refractivity contribution is 5.95. The fourth-order valence-corrected chi connectivity index (χ4v) is 3.21. The molecule has 1 unspecified atom stereocenters. The van der Waals surface area contributed by atoms with Gasteiger partial charge in [0, 0.05) is 31.3 Å². The van der Waals surface area contributed by atoms with Crippen molar-refractivity contribution >= 4 is 17.6 Å². The molecule has 9 nitrogen and oxygen atoms in total. The number of ether oxygens (including phenoxy) is 1. The minimum absolute atomic E-state index is 0.0511. The lowest BCUT2D eigenvalue weighted by atomic mass is 9.95. The first-order chi connectivity index (χ1) is 11.2. The Bertz CT molecular complexity index is 775. The molecule has 9 heteroatoms. The van der Waals surface area contributed by atoms with E-state index in [1.54, 1.807) is 23.2 Å². The van der Waals surface area contributed by atoms with E-state index >= 15 is 0 Å². The standard InChI is InChI=1S/C14H16N6O3/c21-12(10-2-6-20-11(8-10)16-17-18-20)19-5-1-3-14(4-7-19)9-15-13(22)23-14/h2,6,8H,1,3-5,7,9H2,(H,15,22). The Morgan fingerprint density at radius 3 is 3.09 bits per heavy atom. The number of rotatable bonds is 1. The van der Waals surface area contributed by atoms with E-state index in [0.717, 1.165) is 12.8 Å². The molecule has 0 radical (unpaired) electrons. The van der Waals surface area contributed by atoms with E-state index in [2.05, 4.69) is 20.8 Å². The summed E-state index contributed by atoms with van der Waals surface area (Å²) in [5.41, 5.74) is 0.633. The summed E-state index contributed by atoms with van der Waals surface area (Å²) in [6.07, 6.45) is 3.52. The number of pyridine rings is 1. The first-order valence-corrected chi connectivity index (χ1v) is 7.59. The van der Waals surface area contributed by atoms with Gasteiger partial charge in [0.05, 0.1) is 6.54 Å². The second kappa shape index (κ2) is 5.18. The molecule has 120 valence electrons. The van der Waals surface area contributed by atoms with Gasteiger partial charge in [-0.05, 0) is 35.4 Å². The van der Waals surface area contributed by atoms with Crippen molar-refractivity contribution in [1.82, 2.24) is 30.3 Å². The zero-order chi connectivity index (χ0) is 15.9. The number of aromatic nitrogens is 4. The highest BCUT2D eigenvalue weighted by Gasteiger charge is 2.41. The second-order valence-corrected chi connectivity index (χ2v) is 5.97. The van der Waals surface area contributed by atoms with Crippen LogP contribution in [-0.2, 0) is 4.74 Å². The predicted octanol–water partition coefficient (Wildman–Crippen LogP) is 0.229. The molecule has 2 aliphatic heterocycles. The highest BCUT2D eigenvalue weighted by atomic mass is 16.6. The van der Waals surface area contributed by atoms with Gasteiger partial charge in [-0.15, -0.1) is 5.10 Å². The Kier molecular flexibility index (Phi) is 3.14. The van der Waals surface area contributed by atoms with Crippen molar-refractivity contribution in [3.8, 4) is 0 Å². The van der Waals surface area contributed by atoms with Crippen LogP contribution in [0.2, 0.25) is 0 Å². The summed E-state index contributed by atoms with van der Waals surface area (Å²) in [7, 11) is 0.